The first kappa shape index (κ1) is 17.4. The van der Waals surface area contributed by atoms with Gasteiger partial charge in [-0.25, -0.2) is 0 Å². The van der Waals surface area contributed by atoms with Gasteiger partial charge in [0.05, 0.1) is 11.6 Å². The number of benzene rings is 1. The molecule has 26 heavy (non-hydrogen) atoms. The summed E-state index contributed by atoms with van der Waals surface area (Å²) in [5, 5.41) is 3.38. The summed E-state index contributed by atoms with van der Waals surface area (Å²) < 4.78 is 11.0. The Labute approximate surface area is 157 Å². The van der Waals surface area contributed by atoms with E-state index in [2.05, 4.69) is 10.2 Å². The molecule has 1 saturated heterocycles. The molecule has 0 atom stereocenters. The SMILES string of the molecule is O=C(CN1CCN(C(=O)c2cc(Cl)c3c(c2)OCCO3)CC1)NC1CC1. The number of fused-ring (bicyclic) bond motifs is 1. The van der Waals surface area contributed by atoms with Gasteiger partial charge in [-0.3, -0.25) is 14.5 Å². The van der Waals surface area contributed by atoms with Crippen LogP contribution in [-0.4, -0.2) is 73.6 Å². The molecule has 2 aliphatic heterocycles. The molecule has 140 valence electrons. The molecule has 8 heteroatoms. The van der Waals surface area contributed by atoms with Crippen LogP contribution in [0.3, 0.4) is 0 Å². The molecule has 3 aliphatic rings. The van der Waals surface area contributed by atoms with Gasteiger partial charge in [0.1, 0.15) is 13.2 Å². The number of ether oxygens (including phenoxy) is 2. The van der Waals surface area contributed by atoms with E-state index in [1.54, 1.807) is 17.0 Å². The minimum Gasteiger partial charge on any atom is -0.486 e. The lowest BCUT2D eigenvalue weighted by Crippen LogP contribution is -2.51. The molecular formula is C18H22ClN3O4. The fourth-order valence-corrected chi connectivity index (χ4v) is 3.50. The Balaban J connectivity index is 1.34. The van der Waals surface area contributed by atoms with Gasteiger partial charge in [0, 0.05) is 37.8 Å². The van der Waals surface area contributed by atoms with E-state index in [1.807, 2.05) is 0 Å². The summed E-state index contributed by atoms with van der Waals surface area (Å²) >= 11 is 6.23. The summed E-state index contributed by atoms with van der Waals surface area (Å²) in [4.78, 5) is 28.6. The van der Waals surface area contributed by atoms with E-state index in [0.29, 0.717) is 74.1 Å². The van der Waals surface area contributed by atoms with Crippen molar-refractivity contribution in [2.24, 2.45) is 0 Å². The second-order valence-electron chi connectivity index (χ2n) is 6.89. The maximum Gasteiger partial charge on any atom is 0.254 e. The molecular weight excluding hydrogens is 358 g/mol. The normalized spacial score (nSPS) is 20.0. The van der Waals surface area contributed by atoms with E-state index in [1.165, 1.54) is 0 Å². The number of rotatable bonds is 4. The first-order chi connectivity index (χ1) is 12.6. The third-order valence-corrected chi connectivity index (χ3v) is 5.09. The highest BCUT2D eigenvalue weighted by atomic mass is 35.5. The zero-order valence-corrected chi connectivity index (χ0v) is 15.3. The Morgan fingerprint density at radius 2 is 1.85 bits per heavy atom. The number of carbonyl (C=O) groups excluding carboxylic acids is 2. The Hall–Kier alpha value is -1.99. The highest BCUT2D eigenvalue weighted by Crippen LogP contribution is 2.38. The monoisotopic (exact) mass is 379 g/mol. The van der Waals surface area contributed by atoms with E-state index < -0.39 is 0 Å². The van der Waals surface area contributed by atoms with Crippen molar-refractivity contribution < 1.29 is 19.1 Å². The zero-order valence-electron chi connectivity index (χ0n) is 14.5. The zero-order chi connectivity index (χ0) is 18.1. The molecule has 0 aromatic heterocycles. The predicted molar refractivity (Wildman–Crippen MR) is 96.0 cm³/mol. The highest BCUT2D eigenvalue weighted by molar-refractivity contribution is 6.32. The second-order valence-corrected chi connectivity index (χ2v) is 7.30. The van der Waals surface area contributed by atoms with E-state index in [9.17, 15) is 9.59 Å². The molecule has 0 unspecified atom stereocenters. The molecule has 0 radical (unpaired) electrons. The van der Waals surface area contributed by atoms with Crippen LogP contribution >= 0.6 is 11.6 Å². The summed E-state index contributed by atoms with van der Waals surface area (Å²) in [5.41, 5.74) is 0.499. The largest absolute Gasteiger partial charge is 0.486 e. The number of hydrogen-bond donors (Lipinski definition) is 1. The standard InChI is InChI=1S/C18H22ClN3O4/c19-14-9-12(10-15-17(14)26-8-7-25-15)18(24)22-5-3-21(4-6-22)11-16(23)20-13-1-2-13/h9-10,13H,1-8,11H2,(H,20,23). The summed E-state index contributed by atoms with van der Waals surface area (Å²) in [5.74, 6) is 1.01. The minimum atomic E-state index is -0.0778. The number of hydrogen-bond acceptors (Lipinski definition) is 5. The van der Waals surface area contributed by atoms with Crippen LogP contribution in [0.4, 0.5) is 0 Å². The third kappa shape index (κ3) is 3.88. The molecule has 1 saturated carbocycles. The Morgan fingerprint density at radius 1 is 1.12 bits per heavy atom. The molecule has 0 spiro atoms. The average molecular weight is 380 g/mol. The number of nitrogens with zero attached hydrogens (tertiary/aromatic N) is 2. The van der Waals surface area contributed by atoms with E-state index in [-0.39, 0.29) is 11.8 Å². The van der Waals surface area contributed by atoms with Crippen molar-refractivity contribution in [1.82, 2.24) is 15.1 Å². The summed E-state index contributed by atoms with van der Waals surface area (Å²) in [6, 6.07) is 3.70. The van der Waals surface area contributed by atoms with Crippen molar-refractivity contribution in [3.05, 3.63) is 22.7 Å². The molecule has 0 bridgehead atoms. The Morgan fingerprint density at radius 3 is 2.58 bits per heavy atom. The van der Waals surface area contributed by atoms with Crippen LogP contribution in [-0.2, 0) is 4.79 Å². The van der Waals surface area contributed by atoms with Gasteiger partial charge >= 0.3 is 0 Å². The summed E-state index contributed by atoms with van der Waals surface area (Å²) in [6.45, 7) is 3.83. The summed E-state index contributed by atoms with van der Waals surface area (Å²) in [7, 11) is 0. The lowest BCUT2D eigenvalue weighted by Gasteiger charge is -2.34. The lowest BCUT2D eigenvalue weighted by molar-refractivity contribution is -0.122. The predicted octanol–water partition coefficient (Wildman–Crippen LogP) is 1.15. The number of carbonyl (C=O) groups is 2. The van der Waals surface area contributed by atoms with Crippen molar-refractivity contribution in [3.8, 4) is 11.5 Å². The molecule has 2 heterocycles. The fourth-order valence-electron chi connectivity index (χ4n) is 3.23. The number of halogens is 1. The van der Waals surface area contributed by atoms with Crippen molar-refractivity contribution in [2.45, 2.75) is 18.9 Å². The smallest absolute Gasteiger partial charge is 0.254 e. The minimum absolute atomic E-state index is 0.0749. The molecule has 1 aromatic rings. The molecule has 7 nitrogen and oxygen atoms in total. The second kappa shape index (κ2) is 7.32. The Kier molecular flexibility index (Phi) is 4.91. The Bertz CT molecular complexity index is 715. The van der Waals surface area contributed by atoms with E-state index in [4.69, 9.17) is 21.1 Å². The van der Waals surface area contributed by atoms with Crippen molar-refractivity contribution in [2.75, 3.05) is 45.9 Å². The number of nitrogens with one attached hydrogen (secondary N) is 1. The van der Waals surface area contributed by atoms with Crippen LogP contribution in [0.15, 0.2) is 12.1 Å². The van der Waals surface area contributed by atoms with E-state index >= 15 is 0 Å². The highest BCUT2D eigenvalue weighted by Gasteiger charge is 2.27. The van der Waals surface area contributed by atoms with Gasteiger partial charge in [-0.2, -0.15) is 0 Å². The topological polar surface area (TPSA) is 71.1 Å². The quantitative estimate of drug-likeness (QED) is 0.849. The van der Waals surface area contributed by atoms with Crippen LogP contribution in [0.25, 0.3) is 0 Å². The first-order valence-electron chi connectivity index (χ1n) is 9.00. The summed E-state index contributed by atoms with van der Waals surface area (Å²) in [6.07, 6.45) is 2.18. The lowest BCUT2D eigenvalue weighted by atomic mass is 10.1. The van der Waals surface area contributed by atoms with Crippen molar-refractivity contribution >= 4 is 23.4 Å². The van der Waals surface area contributed by atoms with Gasteiger partial charge in [0.2, 0.25) is 5.91 Å². The van der Waals surface area contributed by atoms with Gasteiger partial charge in [0.15, 0.2) is 11.5 Å². The van der Waals surface area contributed by atoms with E-state index in [0.717, 1.165) is 12.8 Å². The van der Waals surface area contributed by atoms with Gasteiger partial charge in [-0.1, -0.05) is 11.6 Å². The third-order valence-electron chi connectivity index (χ3n) is 4.81. The fraction of sp³-hybridized carbons (Fsp3) is 0.556. The van der Waals surface area contributed by atoms with Crippen LogP contribution in [0.1, 0.15) is 23.2 Å². The molecule has 1 aromatic carbocycles. The van der Waals surface area contributed by atoms with Gasteiger partial charge in [0.25, 0.3) is 5.91 Å². The van der Waals surface area contributed by atoms with Gasteiger partial charge in [-0.15, -0.1) is 0 Å². The van der Waals surface area contributed by atoms with Crippen molar-refractivity contribution in [1.29, 1.82) is 0 Å². The maximum atomic E-state index is 12.8. The number of amides is 2. The maximum absolute atomic E-state index is 12.8. The first-order valence-corrected chi connectivity index (χ1v) is 9.38. The van der Waals surface area contributed by atoms with Gasteiger partial charge < -0.3 is 19.7 Å². The average Bonchev–Trinajstić information content (AvgIpc) is 3.45. The van der Waals surface area contributed by atoms with Crippen LogP contribution in [0.2, 0.25) is 5.02 Å². The number of piperazine rings is 1. The van der Waals surface area contributed by atoms with Crippen molar-refractivity contribution in [3.63, 3.8) is 0 Å². The molecule has 2 fully saturated rings. The van der Waals surface area contributed by atoms with Gasteiger partial charge in [-0.05, 0) is 25.0 Å². The molecule has 1 aliphatic carbocycles. The van der Waals surface area contributed by atoms with Crippen LogP contribution < -0.4 is 14.8 Å². The molecule has 1 N–H and O–H groups in total. The van der Waals surface area contributed by atoms with Crippen LogP contribution in [0.5, 0.6) is 11.5 Å². The molecule has 4 rings (SSSR count). The molecule has 2 amide bonds. The van der Waals surface area contributed by atoms with Crippen LogP contribution in [0, 0.1) is 0 Å².